The summed E-state index contributed by atoms with van der Waals surface area (Å²) in [5, 5.41) is 4.24. The van der Waals surface area contributed by atoms with Gasteiger partial charge in [0.05, 0.1) is 12.1 Å². The van der Waals surface area contributed by atoms with Crippen LogP contribution in [0.25, 0.3) is 22.2 Å². The lowest BCUT2D eigenvalue weighted by molar-refractivity contribution is 0.0906. The molecule has 3 heterocycles. The van der Waals surface area contributed by atoms with Crippen molar-refractivity contribution in [3.63, 3.8) is 0 Å². The van der Waals surface area contributed by atoms with Crippen molar-refractivity contribution in [3.8, 4) is 16.9 Å². The first kappa shape index (κ1) is 17.5. The standard InChI is InChI=1S/C24H21N3O2/c1-15-14-21(20-4-2-3-5-22(20)29-15)27-24(28)17-8-6-16(7-9-17)18-10-12-25-23-19(18)11-13-26-23/h2-13,15,21H,14H2,1H3,(H,25,26)(H,27,28)/t15-,21+/m1/s1. The van der Waals surface area contributed by atoms with Gasteiger partial charge in [0, 0.05) is 35.3 Å². The van der Waals surface area contributed by atoms with E-state index in [0.29, 0.717) is 5.56 Å². The average molecular weight is 383 g/mol. The van der Waals surface area contributed by atoms with Crippen LogP contribution in [-0.2, 0) is 0 Å². The van der Waals surface area contributed by atoms with Crippen LogP contribution in [0, 0.1) is 0 Å². The minimum Gasteiger partial charge on any atom is -0.490 e. The van der Waals surface area contributed by atoms with Crippen molar-refractivity contribution in [2.75, 3.05) is 0 Å². The third-order valence-electron chi connectivity index (χ3n) is 5.41. The summed E-state index contributed by atoms with van der Waals surface area (Å²) < 4.78 is 5.88. The van der Waals surface area contributed by atoms with Crippen LogP contribution in [0.4, 0.5) is 0 Å². The fraction of sp³-hybridized carbons (Fsp3) is 0.167. The van der Waals surface area contributed by atoms with Crippen molar-refractivity contribution in [2.45, 2.75) is 25.5 Å². The van der Waals surface area contributed by atoms with E-state index in [0.717, 1.165) is 39.9 Å². The number of hydrogen-bond acceptors (Lipinski definition) is 3. The molecule has 5 rings (SSSR count). The van der Waals surface area contributed by atoms with Crippen molar-refractivity contribution >= 4 is 16.9 Å². The second-order valence-electron chi connectivity index (χ2n) is 7.40. The highest BCUT2D eigenvalue weighted by Crippen LogP contribution is 2.34. The molecule has 0 spiro atoms. The van der Waals surface area contributed by atoms with Crippen molar-refractivity contribution in [3.05, 3.63) is 84.2 Å². The highest BCUT2D eigenvalue weighted by Gasteiger charge is 2.27. The molecular formula is C24H21N3O2. The monoisotopic (exact) mass is 383 g/mol. The van der Waals surface area contributed by atoms with Crippen LogP contribution < -0.4 is 10.1 Å². The number of para-hydroxylation sites is 1. The van der Waals surface area contributed by atoms with E-state index in [9.17, 15) is 4.79 Å². The zero-order chi connectivity index (χ0) is 19.8. The van der Waals surface area contributed by atoms with Crippen molar-refractivity contribution < 1.29 is 9.53 Å². The van der Waals surface area contributed by atoms with E-state index >= 15 is 0 Å². The third kappa shape index (κ3) is 3.25. The van der Waals surface area contributed by atoms with E-state index in [4.69, 9.17) is 4.74 Å². The van der Waals surface area contributed by atoms with Gasteiger partial charge < -0.3 is 15.0 Å². The summed E-state index contributed by atoms with van der Waals surface area (Å²) in [5.41, 5.74) is 4.68. The highest BCUT2D eigenvalue weighted by molar-refractivity contribution is 5.96. The summed E-state index contributed by atoms with van der Waals surface area (Å²) >= 11 is 0. The number of carbonyl (C=O) groups excluding carboxylic acids is 1. The lowest BCUT2D eigenvalue weighted by Gasteiger charge is -2.31. The first-order chi connectivity index (χ1) is 14.2. The van der Waals surface area contributed by atoms with Crippen LogP contribution in [-0.4, -0.2) is 22.0 Å². The van der Waals surface area contributed by atoms with E-state index in [1.54, 1.807) is 6.20 Å². The molecule has 0 saturated carbocycles. The molecule has 2 N–H and O–H groups in total. The second kappa shape index (κ2) is 7.09. The molecule has 0 fully saturated rings. The van der Waals surface area contributed by atoms with Crippen LogP contribution in [0.3, 0.4) is 0 Å². The maximum atomic E-state index is 12.9. The Hall–Kier alpha value is -3.60. The molecule has 4 aromatic rings. The topological polar surface area (TPSA) is 67.0 Å². The van der Waals surface area contributed by atoms with E-state index in [-0.39, 0.29) is 18.1 Å². The zero-order valence-electron chi connectivity index (χ0n) is 16.1. The van der Waals surface area contributed by atoms with Crippen LogP contribution >= 0.6 is 0 Å². The largest absolute Gasteiger partial charge is 0.490 e. The second-order valence-corrected chi connectivity index (χ2v) is 7.40. The van der Waals surface area contributed by atoms with Crippen LogP contribution in [0.5, 0.6) is 5.75 Å². The molecule has 5 nitrogen and oxygen atoms in total. The number of aromatic amines is 1. The number of nitrogens with zero attached hydrogens (tertiary/aromatic N) is 1. The first-order valence-corrected chi connectivity index (χ1v) is 9.78. The number of aromatic nitrogens is 2. The third-order valence-corrected chi connectivity index (χ3v) is 5.41. The molecule has 29 heavy (non-hydrogen) atoms. The summed E-state index contributed by atoms with van der Waals surface area (Å²) in [6.07, 6.45) is 4.49. The maximum absolute atomic E-state index is 12.9. The van der Waals surface area contributed by atoms with Crippen molar-refractivity contribution in [1.82, 2.24) is 15.3 Å². The minimum atomic E-state index is -0.0769. The Morgan fingerprint density at radius 1 is 1.10 bits per heavy atom. The quantitative estimate of drug-likeness (QED) is 0.530. The SMILES string of the molecule is C[C@@H]1C[C@H](NC(=O)c2ccc(-c3ccnc4[nH]ccc34)cc2)c2ccccc2O1. The van der Waals surface area contributed by atoms with Crippen LogP contribution in [0.15, 0.2) is 73.1 Å². The molecule has 0 unspecified atom stereocenters. The number of amides is 1. The van der Waals surface area contributed by atoms with E-state index in [2.05, 4.69) is 15.3 Å². The van der Waals surface area contributed by atoms with Crippen LogP contribution in [0.2, 0.25) is 0 Å². The zero-order valence-corrected chi connectivity index (χ0v) is 16.1. The van der Waals surface area contributed by atoms with E-state index in [1.165, 1.54) is 0 Å². The molecule has 1 aliphatic rings. The van der Waals surface area contributed by atoms with Gasteiger partial charge in [-0.05, 0) is 48.4 Å². The molecule has 5 heteroatoms. The van der Waals surface area contributed by atoms with Gasteiger partial charge in [-0.3, -0.25) is 4.79 Å². The molecule has 2 aromatic carbocycles. The van der Waals surface area contributed by atoms with Gasteiger partial charge in [0.2, 0.25) is 0 Å². The summed E-state index contributed by atoms with van der Waals surface area (Å²) in [5.74, 6) is 0.770. The minimum absolute atomic E-state index is 0.0539. The number of ether oxygens (including phenoxy) is 1. The molecule has 2 atom stereocenters. The van der Waals surface area contributed by atoms with Gasteiger partial charge in [-0.1, -0.05) is 30.3 Å². The number of benzene rings is 2. The Bertz CT molecular complexity index is 1180. The van der Waals surface area contributed by atoms with Gasteiger partial charge >= 0.3 is 0 Å². The summed E-state index contributed by atoms with van der Waals surface area (Å²) in [7, 11) is 0. The smallest absolute Gasteiger partial charge is 0.251 e. The molecule has 1 amide bonds. The predicted molar refractivity (Wildman–Crippen MR) is 113 cm³/mol. The summed E-state index contributed by atoms with van der Waals surface area (Å²) in [4.78, 5) is 20.3. The number of rotatable bonds is 3. The molecule has 0 aliphatic carbocycles. The lowest BCUT2D eigenvalue weighted by atomic mass is 9.96. The Morgan fingerprint density at radius 2 is 1.93 bits per heavy atom. The fourth-order valence-electron chi connectivity index (χ4n) is 3.99. The molecule has 1 aliphatic heterocycles. The summed E-state index contributed by atoms with van der Waals surface area (Å²) in [6, 6.07) is 19.6. The number of H-pyrrole nitrogens is 1. The van der Waals surface area contributed by atoms with Gasteiger partial charge in [-0.15, -0.1) is 0 Å². The Labute approximate surface area is 168 Å². The molecule has 0 radical (unpaired) electrons. The van der Waals surface area contributed by atoms with Gasteiger partial charge in [-0.25, -0.2) is 4.98 Å². The fourth-order valence-corrected chi connectivity index (χ4v) is 3.99. The number of pyridine rings is 1. The van der Waals surface area contributed by atoms with Crippen molar-refractivity contribution in [2.24, 2.45) is 0 Å². The molecule has 144 valence electrons. The normalized spacial score (nSPS) is 18.1. The number of nitrogens with one attached hydrogen (secondary N) is 2. The number of carbonyl (C=O) groups is 1. The van der Waals surface area contributed by atoms with E-state index < -0.39 is 0 Å². The van der Waals surface area contributed by atoms with E-state index in [1.807, 2.05) is 73.8 Å². The number of hydrogen-bond donors (Lipinski definition) is 2. The van der Waals surface area contributed by atoms with Crippen LogP contribution in [0.1, 0.15) is 35.3 Å². The van der Waals surface area contributed by atoms with Gasteiger partial charge in [0.25, 0.3) is 5.91 Å². The lowest BCUT2D eigenvalue weighted by Crippen LogP contribution is -2.35. The van der Waals surface area contributed by atoms with Crippen molar-refractivity contribution in [1.29, 1.82) is 0 Å². The highest BCUT2D eigenvalue weighted by atomic mass is 16.5. The van der Waals surface area contributed by atoms with Gasteiger partial charge in [-0.2, -0.15) is 0 Å². The molecule has 2 aromatic heterocycles. The predicted octanol–water partition coefficient (Wildman–Crippen LogP) is 4.87. The number of fused-ring (bicyclic) bond motifs is 2. The Balaban J connectivity index is 1.38. The average Bonchev–Trinajstić information content (AvgIpc) is 3.23. The Morgan fingerprint density at radius 3 is 2.79 bits per heavy atom. The Kier molecular flexibility index (Phi) is 4.28. The molecule has 0 bridgehead atoms. The summed E-state index contributed by atoms with van der Waals surface area (Å²) in [6.45, 7) is 2.03. The maximum Gasteiger partial charge on any atom is 0.251 e. The van der Waals surface area contributed by atoms with Gasteiger partial charge in [0.15, 0.2) is 0 Å². The van der Waals surface area contributed by atoms with Gasteiger partial charge in [0.1, 0.15) is 11.4 Å². The first-order valence-electron chi connectivity index (χ1n) is 9.78. The molecular weight excluding hydrogens is 362 g/mol. The molecule has 0 saturated heterocycles.